The van der Waals surface area contributed by atoms with E-state index in [0.29, 0.717) is 30.9 Å². The minimum atomic E-state index is -0.101. The van der Waals surface area contributed by atoms with Crippen LogP contribution in [-0.4, -0.2) is 93.0 Å². The first kappa shape index (κ1) is 25.4. The highest BCUT2D eigenvalue weighted by atomic mass is 16.5. The van der Waals surface area contributed by atoms with Crippen LogP contribution in [0, 0.1) is 0 Å². The highest BCUT2D eigenvalue weighted by molar-refractivity contribution is 6.04. The molecule has 1 aliphatic carbocycles. The molecule has 11 heteroatoms. The predicted octanol–water partition coefficient (Wildman–Crippen LogP) is 3.24. The number of pyridine rings is 1. The van der Waals surface area contributed by atoms with E-state index in [4.69, 9.17) is 9.47 Å². The summed E-state index contributed by atoms with van der Waals surface area (Å²) >= 11 is 0. The summed E-state index contributed by atoms with van der Waals surface area (Å²) in [5.74, 6) is 0.748. The molecule has 3 fully saturated rings. The molecule has 0 radical (unpaired) electrons. The van der Waals surface area contributed by atoms with Crippen LogP contribution in [0.15, 0.2) is 37.1 Å². The van der Waals surface area contributed by atoms with Crippen molar-refractivity contribution in [3.63, 3.8) is 0 Å². The minimum Gasteiger partial charge on any atom is -0.381 e. The van der Waals surface area contributed by atoms with E-state index in [0.717, 1.165) is 85.5 Å². The third-order valence-electron chi connectivity index (χ3n) is 8.70. The number of carbonyl (C=O) groups is 1. The first-order chi connectivity index (χ1) is 19.7. The molecule has 0 bridgehead atoms. The maximum absolute atomic E-state index is 13.1. The number of nitrogens with one attached hydrogen (secondary N) is 3. The lowest BCUT2D eigenvalue weighted by Gasteiger charge is -2.39. The second-order valence-electron chi connectivity index (χ2n) is 11.1. The molecule has 1 saturated carbocycles. The van der Waals surface area contributed by atoms with Crippen molar-refractivity contribution in [3.8, 4) is 11.1 Å². The first-order valence-electron chi connectivity index (χ1n) is 14.5. The summed E-state index contributed by atoms with van der Waals surface area (Å²) in [6, 6.07) is 5.19. The molecule has 0 atom stereocenters. The number of rotatable bonds is 6. The molecule has 0 unspecified atom stereocenters. The molecule has 7 rings (SSSR count). The van der Waals surface area contributed by atoms with Crippen molar-refractivity contribution in [1.29, 1.82) is 0 Å². The van der Waals surface area contributed by atoms with Gasteiger partial charge in [-0.2, -0.15) is 5.10 Å². The summed E-state index contributed by atoms with van der Waals surface area (Å²) in [6.45, 7) is 5.14. The van der Waals surface area contributed by atoms with Crippen LogP contribution in [0.1, 0.15) is 48.9 Å². The molecular weight excluding hydrogens is 508 g/mol. The maximum atomic E-state index is 13.1. The van der Waals surface area contributed by atoms with E-state index in [1.807, 2.05) is 24.5 Å². The van der Waals surface area contributed by atoms with Gasteiger partial charge in [0.15, 0.2) is 0 Å². The van der Waals surface area contributed by atoms with Gasteiger partial charge in [-0.1, -0.05) is 0 Å². The molecule has 0 spiro atoms. The number of nitrogens with zero attached hydrogens (tertiary/aromatic N) is 5. The van der Waals surface area contributed by atoms with Crippen LogP contribution < -0.4 is 10.6 Å². The van der Waals surface area contributed by atoms with Crippen molar-refractivity contribution in [3.05, 3.63) is 42.6 Å². The van der Waals surface area contributed by atoms with E-state index < -0.39 is 0 Å². The largest absolute Gasteiger partial charge is 0.381 e. The zero-order chi connectivity index (χ0) is 26.9. The molecule has 3 aliphatic rings. The fourth-order valence-electron chi connectivity index (χ4n) is 6.45. The van der Waals surface area contributed by atoms with Gasteiger partial charge in [-0.05, 0) is 56.2 Å². The number of H-pyrrole nitrogens is 1. The van der Waals surface area contributed by atoms with Crippen molar-refractivity contribution in [2.75, 3.05) is 44.8 Å². The van der Waals surface area contributed by atoms with Crippen molar-refractivity contribution >= 4 is 28.3 Å². The van der Waals surface area contributed by atoms with Crippen molar-refractivity contribution < 1.29 is 14.3 Å². The fourth-order valence-corrected chi connectivity index (χ4v) is 6.45. The van der Waals surface area contributed by atoms with Gasteiger partial charge in [0.2, 0.25) is 0 Å². The summed E-state index contributed by atoms with van der Waals surface area (Å²) < 4.78 is 12.7. The van der Waals surface area contributed by atoms with Crippen LogP contribution in [0.25, 0.3) is 27.7 Å². The topological polar surface area (TPSA) is 122 Å². The summed E-state index contributed by atoms with van der Waals surface area (Å²) in [5, 5.41) is 12.3. The number of aromatic amines is 1. The second-order valence-corrected chi connectivity index (χ2v) is 11.1. The lowest BCUT2D eigenvalue weighted by atomic mass is 9.90. The second kappa shape index (κ2) is 11.1. The first-order valence-corrected chi connectivity index (χ1v) is 14.5. The Morgan fingerprint density at radius 2 is 1.77 bits per heavy atom. The lowest BCUT2D eigenvalue weighted by molar-refractivity contribution is 0.00791. The number of carbonyl (C=O) groups excluding carboxylic acids is 1. The van der Waals surface area contributed by atoms with E-state index in [9.17, 15) is 4.79 Å². The fraction of sp³-hybridized carbons (Fsp3) is 0.517. The van der Waals surface area contributed by atoms with Gasteiger partial charge in [0, 0.05) is 62.4 Å². The monoisotopic (exact) mass is 544 g/mol. The number of morpholine rings is 1. The Labute approximate surface area is 232 Å². The van der Waals surface area contributed by atoms with Crippen molar-refractivity contribution in [2.45, 2.75) is 56.7 Å². The van der Waals surface area contributed by atoms with Gasteiger partial charge in [-0.3, -0.25) is 9.69 Å². The number of ether oxygens (including phenoxy) is 2. The van der Waals surface area contributed by atoms with Gasteiger partial charge < -0.3 is 25.1 Å². The Balaban J connectivity index is 1.12. The molecule has 210 valence electrons. The van der Waals surface area contributed by atoms with E-state index in [1.54, 1.807) is 17.0 Å². The SMILES string of the molecule is O=C(NC1CCOCC1)c1cnn2ccc(-c3c[nH]c4ncnc(NC5CCC(N6CCOCC6)CC5)c34)cc12. The molecule has 11 nitrogen and oxygen atoms in total. The van der Waals surface area contributed by atoms with Gasteiger partial charge in [0.1, 0.15) is 17.8 Å². The van der Waals surface area contributed by atoms with Crippen molar-refractivity contribution in [2.24, 2.45) is 0 Å². The van der Waals surface area contributed by atoms with E-state index >= 15 is 0 Å². The van der Waals surface area contributed by atoms with Crippen LogP contribution in [0.4, 0.5) is 5.82 Å². The third-order valence-corrected chi connectivity index (χ3v) is 8.70. The number of amides is 1. The Morgan fingerprint density at radius 3 is 2.60 bits per heavy atom. The zero-order valence-corrected chi connectivity index (χ0v) is 22.6. The smallest absolute Gasteiger partial charge is 0.255 e. The summed E-state index contributed by atoms with van der Waals surface area (Å²) in [5.41, 5.74) is 4.11. The average Bonchev–Trinajstić information content (AvgIpc) is 3.63. The van der Waals surface area contributed by atoms with Crippen LogP contribution in [-0.2, 0) is 9.47 Å². The molecule has 3 N–H and O–H groups in total. The zero-order valence-electron chi connectivity index (χ0n) is 22.6. The number of aromatic nitrogens is 5. The van der Waals surface area contributed by atoms with Crippen LogP contribution in [0.5, 0.6) is 0 Å². The molecule has 2 aliphatic heterocycles. The highest BCUT2D eigenvalue weighted by Gasteiger charge is 2.28. The molecule has 4 aromatic heterocycles. The Morgan fingerprint density at radius 1 is 0.975 bits per heavy atom. The van der Waals surface area contributed by atoms with Crippen LogP contribution in [0.2, 0.25) is 0 Å². The normalized spacial score (nSPS) is 23.0. The molecule has 1 amide bonds. The van der Waals surface area contributed by atoms with Gasteiger partial charge in [-0.25, -0.2) is 14.5 Å². The number of anilines is 1. The summed E-state index contributed by atoms with van der Waals surface area (Å²) in [7, 11) is 0. The molecule has 6 heterocycles. The van der Waals surface area contributed by atoms with Crippen LogP contribution >= 0.6 is 0 Å². The highest BCUT2D eigenvalue weighted by Crippen LogP contribution is 2.34. The van der Waals surface area contributed by atoms with Gasteiger partial charge in [0.05, 0.1) is 35.9 Å². The van der Waals surface area contributed by atoms with Gasteiger partial charge in [0.25, 0.3) is 5.91 Å². The molecule has 40 heavy (non-hydrogen) atoms. The van der Waals surface area contributed by atoms with E-state index in [2.05, 4.69) is 35.6 Å². The molecular formula is C29H36N8O3. The molecule has 4 aromatic rings. The minimum absolute atomic E-state index is 0.101. The predicted molar refractivity (Wildman–Crippen MR) is 151 cm³/mol. The van der Waals surface area contributed by atoms with E-state index in [1.165, 1.54) is 12.8 Å². The van der Waals surface area contributed by atoms with E-state index in [-0.39, 0.29) is 11.9 Å². The lowest BCUT2D eigenvalue weighted by Crippen LogP contribution is -2.46. The van der Waals surface area contributed by atoms with Crippen LogP contribution in [0.3, 0.4) is 0 Å². The Kier molecular flexibility index (Phi) is 7.09. The number of hydrogen-bond acceptors (Lipinski definition) is 8. The number of hydrogen-bond donors (Lipinski definition) is 3. The maximum Gasteiger partial charge on any atom is 0.255 e. The Hall–Kier alpha value is -3.54. The van der Waals surface area contributed by atoms with Crippen molar-refractivity contribution in [1.82, 2.24) is 34.8 Å². The number of fused-ring (bicyclic) bond motifs is 2. The van der Waals surface area contributed by atoms with Gasteiger partial charge >= 0.3 is 0 Å². The average molecular weight is 545 g/mol. The quantitative estimate of drug-likeness (QED) is 0.338. The Bertz CT molecular complexity index is 1480. The summed E-state index contributed by atoms with van der Waals surface area (Å²) in [6.07, 6.45) is 13.4. The third kappa shape index (κ3) is 5.04. The molecule has 0 aromatic carbocycles. The summed E-state index contributed by atoms with van der Waals surface area (Å²) in [4.78, 5) is 28.2. The standard InChI is InChI=1S/C29H36N8O3/c38-29(35-21-6-11-39-12-7-21)24-17-33-37-8-5-19(15-25(24)37)23-16-30-27-26(23)28(32-18-31-27)34-20-1-3-22(4-2-20)36-9-13-40-14-10-36/h5,8,15-18,20-22H,1-4,6-7,9-14H2,(H,35,38)(H2,30,31,32,34). The van der Waals surface area contributed by atoms with Gasteiger partial charge in [-0.15, -0.1) is 0 Å². The molecule has 2 saturated heterocycles.